The Morgan fingerprint density at radius 2 is 2.25 bits per heavy atom. The first-order chi connectivity index (χ1) is 9.65. The van der Waals surface area contributed by atoms with Crippen molar-refractivity contribution in [1.29, 1.82) is 0 Å². The van der Waals surface area contributed by atoms with Crippen LogP contribution in [0, 0.1) is 17.7 Å². The molecule has 2 rings (SSSR count). The lowest BCUT2D eigenvalue weighted by Gasteiger charge is -2.26. The molecule has 3 heteroatoms. The van der Waals surface area contributed by atoms with Crippen LogP contribution < -0.4 is 5.32 Å². The van der Waals surface area contributed by atoms with E-state index >= 15 is 0 Å². The predicted molar refractivity (Wildman–Crippen MR) is 80.0 cm³/mol. The number of rotatable bonds is 6. The van der Waals surface area contributed by atoms with Gasteiger partial charge in [-0.3, -0.25) is 0 Å². The topological polar surface area (TPSA) is 32.3 Å². The molecular weight excluding hydrogens is 253 g/mol. The van der Waals surface area contributed by atoms with E-state index in [1.807, 2.05) is 0 Å². The normalized spacial score (nSPS) is 24.6. The molecule has 112 valence electrons. The summed E-state index contributed by atoms with van der Waals surface area (Å²) >= 11 is 0. The molecule has 20 heavy (non-hydrogen) atoms. The van der Waals surface area contributed by atoms with Gasteiger partial charge in [0.25, 0.3) is 0 Å². The van der Waals surface area contributed by atoms with E-state index in [0.717, 1.165) is 18.4 Å². The van der Waals surface area contributed by atoms with E-state index in [-0.39, 0.29) is 5.82 Å². The maximum Gasteiger partial charge on any atom is 0.123 e. The lowest BCUT2D eigenvalue weighted by molar-refractivity contribution is 0.172. The first-order valence-electron chi connectivity index (χ1n) is 7.79. The Morgan fingerprint density at radius 1 is 1.40 bits per heavy atom. The molecule has 1 aromatic carbocycles. The largest absolute Gasteiger partial charge is 0.387 e. The number of nitrogens with one attached hydrogen (secondary N) is 1. The van der Waals surface area contributed by atoms with Crippen molar-refractivity contribution in [2.24, 2.45) is 11.8 Å². The average Bonchev–Trinajstić information content (AvgIpc) is 2.43. The van der Waals surface area contributed by atoms with Crippen LogP contribution in [-0.4, -0.2) is 18.2 Å². The monoisotopic (exact) mass is 279 g/mol. The molecule has 0 saturated heterocycles. The van der Waals surface area contributed by atoms with Gasteiger partial charge in [-0.2, -0.15) is 0 Å². The highest BCUT2D eigenvalue weighted by Gasteiger charge is 2.18. The van der Waals surface area contributed by atoms with Crippen LogP contribution in [0.3, 0.4) is 0 Å². The van der Waals surface area contributed by atoms with Crippen molar-refractivity contribution in [3.63, 3.8) is 0 Å². The van der Waals surface area contributed by atoms with Crippen molar-refractivity contribution in [2.75, 3.05) is 13.1 Å². The summed E-state index contributed by atoms with van der Waals surface area (Å²) in [5.41, 5.74) is 0.642. The first-order valence-corrected chi connectivity index (χ1v) is 7.79. The third-order valence-electron chi connectivity index (χ3n) is 4.35. The van der Waals surface area contributed by atoms with E-state index in [1.54, 1.807) is 12.1 Å². The maximum absolute atomic E-state index is 13.1. The number of halogens is 1. The fourth-order valence-corrected chi connectivity index (χ4v) is 3.20. The SMILES string of the molecule is CC1CCCC(CCNCC(O)c2cccc(F)c2)C1. The Morgan fingerprint density at radius 3 is 3.00 bits per heavy atom. The second kappa shape index (κ2) is 7.75. The second-order valence-corrected chi connectivity index (χ2v) is 6.20. The van der Waals surface area contributed by atoms with Gasteiger partial charge in [-0.1, -0.05) is 38.3 Å². The van der Waals surface area contributed by atoms with Crippen molar-refractivity contribution in [2.45, 2.75) is 45.1 Å². The molecular formula is C17H26FNO. The van der Waals surface area contributed by atoms with Gasteiger partial charge >= 0.3 is 0 Å². The molecule has 1 aromatic rings. The minimum Gasteiger partial charge on any atom is -0.387 e. The average molecular weight is 279 g/mol. The minimum atomic E-state index is -0.629. The molecule has 0 heterocycles. The van der Waals surface area contributed by atoms with Gasteiger partial charge in [0, 0.05) is 6.54 Å². The molecule has 0 aromatic heterocycles. The lowest BCUT2D eigenvalue weighted by Crippen LogP contribution is -2.25. The molecule has 1 aliphatic rings. The summed E-state index contributed by atoms with van der Waals surface area (Å²) in [6.07, 6.45) is 5.98. The zero-order valence-electron chi connectivity index (χ0n) is 12.3. The molecule has 3 atom stereocenters. The Kier molecular flexibility index (Phi) is 5.99. The van der Waals surface area contributed by atoms with Crippen LogP contribution in [-0.2, 0) is 0 Å². The van der Waals surface area contributed by atoms with E-state index in [4.69, 9.17) is 0 Å². The zero-order valence-corrected chi connectivity index (χ0v) is 12.3. The van der Waals surface area contributed by atoms with Crippen LogP contribution in [0.5, 0.6) is 0 Å². The summed E-state index contributed by atoms with van der Waals surface area (Å²) < 4.78 is 13.1. The van der Waals surface area contributed by atoms with Gasteiger partial charge in [0.1, 0.15) is 5.82 Å². The minimum absolute atomic E-state index is 0.294. The molecule has 0 bridgehead atoms. The van der Waals surface area contributed by atoms with Crippen molar-refractivity contribution in [1.82, 2.24) is 5.32 Å². The summed E-state index contributed by atoms with van der Waals surface area (Å²) in [4.78, 5) is 0. The van der Waals surface area contributed by atoms with E-state index in [9.17, 15) is 9.50 Å². The van der Waals surface area contributed by atoms with Gasteiger partial charge in [0.05, 0.1) is 6.10 Å². The number of hydrogen-bond acceptors (Lipinski definition) is 2. The zero-order chi connectivity index (χ0) is 14.4. The Hall–Kier alpha value is -0.930. The smallest absolute Gasteiger partial charge is 0.123 e. The van der Waals surface area contributed by atoms with Crippen molar-refractivity contribution in [3.8, 4) is 0 Å². The number of benzene rings is 1. The van der Waals surface area contributed by atoms with Gasteiger partial charge in [-0.25, -0.2) is 4.39 Å². The van der Waals surface area contributed by atoms with Gasteiger partial charge in [0.2, 0.25) is 0 Å². The van der Waals surface area contributed by atoms with E-state index in [2.05, 4.69) is 12.2 Å². The second-order valence-electron chi connectivity index (χ2n) is 6.20. The van der Waals surface area contributed by atoms with Gasteiger partial charge in [-0.05, 0) is 48.9 Å². The van der Waals surface area contributed by atoms with Crippen LogP contribution in [0.2, 0.25) is 0 Å². The summed E-state index contributed by atoms with van der Waals surface area (Å²) in [5, 5.41) is 13.3. The molecule has 0 aliphatic heterocycles. The predicted octanol–water partition coefficient (Wildman–Crippen LogP) is 3.67. The van der Waals surface area contributed by atoms with Gasteiger partial charge in [-0.15, -0.1) is 0 Å². The lowest BCUT2D eigenvalue weighted by atomic mass is 9.81. The molecule has 1 saturated carbocycles. The van der Waals surface area contributed by atoms with Crippen LogP contribution in [0.15, 0.2) is 24.3 Å². The molecule has 2 N–H and O–H groups in total. The van der Waals surface area contributed by atoms with E-state index < -0.39 is 6.10 Å². The van der Waals surface area contributed by atoms with E-state index in [0.29, 0.717) is 12.1 Å². The number of aliphatic hydroxyl groups is 1. The third kappa shape index (κ3) is 4.88. The summed E-state index contributed by atoms with van der Waals surface area (Å²) in [6.45, 7) is 3.77. The molecule has 3 unspecified atom stereocenters. The summed E-state index contributed by atoms with van der Waals surface area (Å²) in [5.74, 6) is 1.40. The summed E-state index contributed by atoms with van der Waals surface area (Å²) in [6, 6.07) is 6.19. The Bertz CT molecular complexity index is 410. The molecule has 1 aliphatic carbocycles. The van der Waals surface area contributed by atoms with Crippen molar-refractivity contribution in [3.05, 3.63) is 35.6 Å². The third-order valence-corrected chi connectivity index (χ3v) is 4.35. The van der Waals surface area contributed by atoms with Crippen LogP contribution in [0.4, 0.5) is 4.39 Å². The van der Waals surface area contributed by atoms with Crippen LogP contribution in [0.25, 0.3) is 0 Å². The Labute approximate surface area is 121 Å². The summed E-state index contributed by atoms with van der Waals surface area (Å²) in [7, 11) is 0. The highest BCUT2D eigenvalue weighted by atomic mass is 19.1. The Balaban J connectivity index is 1.65. The van der Waals surface area contributed by atoms with Crippen LogP contribution in [0.1, 0.15) is 50.7 Å². The van der Waals surface area contributed by atoms with Crippen molar-refractivity contribution < 1.29 is 9.50 Å². The fraction of sp³-hybridized carbons (Fsp3) is 0.647. The number of aliphatic hydroxyl groups excluding tert-OH is 1. The van der Waals surface area contributed by atoms with E-state index in [1.165, 1.54) is 44.2 Å². The highest BCUT2D eigenvalue weighted by Crippen LogP contribution is 2.30. The quantitative estimate of drug-likeness (QED) is 0.779. The standard InChI is InChI=1S/C17H26FNO/c1-13-4-2-5-14(10-13)8-9-19-12-17(20)15-6-3-7-16(18)11-15/h3,6-7,11,13-14,17,19-20H,2,4-5,8-10,12H2,1H3. The molecule has 1 fully saturated rings. The molecule has 2 nitrogen and oxygen atoms in total. The molecule has 0 radical (unpaired) electrons. The molecule has 0 amide bonds. The molecule has 0 spiro atoms. The van der Waals surface area contributed by atoms with Gasteiger partial charge in [0.15, 0.2) is 0 Å². The van der Waals surface area contributed by atoms with Crippen molar-refractivity contribution >= 4 is 0 Å². The van der Waals surface area contributed by atoms with Gasteiger partial charge < -0.3 is 10.4 Å². The number of hydrogen-bond donors (Lipinski definition) is 2. The van der Waals surface area contributed by atoms with Crippen LogP contribution >= 0.6 is 0 Å². The maximum atomic E-state index is 13.1. The first kappa shape index (κ1) is 15.5. The highest BCUT2D eigenvalue weighted by molar-refractivity contribution is 5.18. The fourth-order valence-electron chi connectivity index (χ4n) is 3.20.